The standard InChI is InChI=1S/C16H17F2N3OS/c1-15(10-2-4-19-5-3-10)13(22)21-14(23-15)20-12-7-11-6-9(12)8-16(11,17)18/h2-5,9,11-12H,6-8H2,1H3,(H,20,21,22)/t9-,11-,12+,15-/m1/s1. The highest BCUT2D eigenvalue weighted by atomic mass is 32.2. The molecule has 1 aromatic rings. The highest BCUT2D eigenvalue weighted by Crippen LogP contribution is 2.54. The lowest BCUT2D eigenvalue weighted by Crippen LogP contribution is -2.41. The van der Waals surface area contributed by atoms with E-state index < -0.39 is 16.6 Å². The van der Waals surface area contributed by atoms with Gasteiger partial charge in [0.1, 0.15) is 4.75 Å². The van der Waals surface area contributed by atoms with Gasteiger partial charge in [-0.15, -0.1) is 0 Å². The Morgan fingerprint density at radius 3 is 2.65 bits per heavy atom. The molecule has 1 amide bonds. The summed E-state index contributed by atoms with van der Waals surface area (Å²) in [5.41, 5.74) is 0.850. The van der Waals surface area contributed by atoms with E-state index in [1.54, 1.807) is 24.5 Å². The van der Waals surface area contributed by atoms with E-state index in [1.807, 2.05) is 6.92 Å². The van der Waals surface area contributed by atoms with Crippen LogP contribution >= 0.6 is 11.8 Å². The van der Waals surface area contributed by atoms with Crippen LogP contribution in [-0.2, 0) is 9.54 Å². The van der Waals surface area contributed by atoms with Gasteiger partial charge < -0.3 is 5.32 Å². The third-order valence-corrected chi connectivity index (χ3v) is 6.50. The smallest absolute Gasteiger partial charge is 0.268 e. The SMILES string of the molecule is C[C@]1(c2ccncc2)SC(N[C@H]2C[C@H]3C[C@@H]2CC3(F)F)=NC1=O. The van der Waals surface area contributed by atoms with Crippen molar-refractivity contribution in [3.05, 3.63) is 30.1 Å². The Hall–Kier alpha value is -1.50. The lowest BCUT2D eigenvalue weighted by atomic mass is 9.92. The van der Waals surface area contributed by atoms with Gasteiger partial charge in [-0.3, -0.25) is 9.78 Å². The van der Waals surface area contributed by atoms with E-state index in [4.69, 9.17) is 0 Å². The number of thioether (sulfide) groups is 1. The molecular formula is C16H17F2N3OS. The molecule has 2 heterocycles. The van der Waals surface area contributed by atoms with Gasteiger partial charge in [0.15, 0.2) is 5.17 Å². The number of carbonyl (C=O) groups excluding carboxylic acids is 1. The summed E-state index contributed by atoms with van der Waals surface area (Å²) in [5, 5.41) is 3.80. The van der Waals surface area contributed by atoms with Gasteiger partial charge in [0.2, 0.25) is 0 Å². The number of rotatable bonds is 2. The Morgan fingerprint density at radius 2 is 2.04 bits per heavy atom. The van der Waals surface area contributed by atoms with Crippen LogP contribution in [0.2, 0.25) is 0 Å². The molecule has 1 N–H and O–H groups in total. The minimum atomic E-state index is -2.52. The van der Waals surface area contributed by atoms with Crippen LogP contribution in [0.1, 0.15) is 31.7 Å². The van der Waals surface area contributed by atoms with Crippen LogP contribution in [0.5, 0.6) is 0 Å². The number of aliphatic imine (C=N–C) groups is 1. The number of aromatic nitrogens is 1. The summed E-state index contributed by atoms with van der Waals surface area (Å²) in [6.45, 7) is 1.84. The van der Waals surface area contributed by atoms with Crippen molar-refractivity contribution in [3.8, 4) is 0 Å². The number of alkyl halides is 2. The van der Waals surface area contributed by atoms with Crippen LogP contribution in [0.3, 0.4) is 0 Å². The van der Waals surface area contributed by atoms with Crippen LogP contribution in [0.4, 0.5) is 8.78 Å². The molecular weight excluding hydrogens is 320 g/mol. The second-order valence-electron chi connectivity index (χ2n) is 6.74. The summed E-state index contributed by atoms with van der Waals surface area (Å²) >= 11 is 1.36. The number of hydrogen-bond donors (Lipinski definition) is 1. The molecule has 0 saturated heterocycles. The van der Waals surface area contributed by atoms with Crippen molar-refractivity contribution in [2.75, 3.05) is 0 Å². The number of nitrogens with one attached hydrogen (secondary N) is 1. The predicted molar refractivity (Wildman–Crippen MR) is 84.3 cm³/mol. The van der Waals surface area contributed by atoms with Crippen LogP contribution in [0.25, 0.3) is 0 Å². The molecule has 4 nitrogen and oxygen atoms in total. The average molecular weight is 337 g/mol. The third-order valence-electron chi connectivity index (χ3n) is 5.28. The van der Waals surface area contributed by atoms with E-state index in [9.17, 15) is 13.6 Å². The molecule has 1 aliphatic heterocycles. The molecule has 1 aromatic heterocycles. The Bertz CT molecular complexity index is 681. The largest absolute Gasteiger partial charge is 0.361 e. The predicted octanol–water partition coefficient (Wildman–Crippen LogP) is 2.95. The highest BCUT2D eigenvalue weighted by Gasteiger charge is 2.57. The number of nitrogens with zero attached hydrogens (tertiary/aromatic N) is 2. The zero-order valence-corrected chi connectivity index (χ0v) is 13.4. The first-order valence-corrected chi connectivity index (χ1v) is 8.57. The fraction of sp³-hybridized carbons (Fsp3) is 0.562. The number of fused-ring (bicyclic) bond motifs is 2. The number of pyridine rings is 1. The highest BCUT2D eigenvalue weighted by molar-refractivity contribution is 8.15. The van der Waals surface area contributed by atoms with Gasteiger partial charge in [0.05, 0.1) is 0 Å². The van der Waals surface area contributed by atoms with Crippen molar-refractivity contribution in [3.63, 3.8) is 0 Å². The van der Waals surface area contributed by atoms with E-state index in [0.29, 0.717) is 18.0 Å². The van der Waals surface area contributed by atoms with Crippen molar-refractivity contribution >= 4 is 22.8 Å². The molecule has 3 aliphatic rings. The third kappa shape index (κ3) is 2.36. The van der Waals surface area contributed by atoms with Crippen LogP contribution in [0.15, 0.2) is 29.5 Å². The molecule has 2 fully saturated rings. The zero-order chi connectivity index (χ0) is 16.2. The second-order valence-corrected chi connectivity index (χ2v) is 8.15. The van der Waals surface area contributed by atoms with Crippen molar-refractivity contribution < 1.29 is 13.6 Å². The summed E-state index contributed by atoms with van der Waals surface area (Å²) in [4.78, 5) is 20.4. The normalized spacial score (nSPS) is 38.0. The maximum absolute atomic E-state index is 13.6. The number of hydrogen-bond acceptors (Lipinski definition) is 4. The van der Waals surface area contributed by atoms with E-state index in [0.717, 1.165) is 5.56 Å². The van der Waals surface area contributed by atoms with Crippen molar-refractivity contribution in [1.29, 1.82) is 0 Å². The van der Waals surface area contributed by atoms with Gasteiger partial charge in [-0.05, 0) is 43.4 Å². The number of amidine groups is 1. The molecule has 0 spiro atoms. The first-order chi connectivity index (χ1) is 10.9. The topological polar surface area (TPSA) is 54.4 Å². The quantitative estimate of drug-likeness (QED) is 0.901. The molecule has 2 bridgehead atoms. The first kappa shape index (κ1) is 15.1. The van der Waals surface area contributed by atoms with Gasteiger partial charge in [0, 0.05) is 30.8 Å². The molecule has 4 atom stereocenters. The Labute approximate surface area is 137 Å². The Balaban J connectivity index is 1.47. The van der Waals surface area contributed by atoms with Crippen LogP contribution in [0, 0.1) is 11.8 Å². The van der Waals surface area contributed by atoms with Crippen LogP contribution < -0.4 is 5.32 Å². The zero-order valence-electron chi connectivity index (χ0n) is 12.6. The number of halogens is 2. The molecule has 4 rings (SSSR count). The Kier molecular flexibility index (Phi) is 3.27. The molecule has 122 valence electrons. The van der Waals surface area contributed by atoms with Crippen LogP contribution in [-0.4, -0.2) is 28.0 Å². The molecule has 0 unspecified atom stereocenters. The van der Waals surface area contributed by atoms with E-state index in [1.165, 1.54) is 11.8 Å². The van der Waals surface area contributed by atoms with Gasteiger partial charge in [0.25, 0.3) is 11.8 Å². The van der Waals surface area contributed by atoms with E-state index in [-0.39, 0.29) is 24.3 Å². The van der Waals surface area contributed by atoms with Crippen molar-refractivity contribution in [2.45, 2.75) is 42.9 Å². The summed E-state index contributed by atoms with van der Waals surface area (Å²) in [7, 11) is 0. The Morgan fingerprint density at radius 1 is 1.30 bits per heavy atom. The average Bonchev–Trinajstić information content (AvgIpc) is 3.12. The van der Waals surface area contributed by atoms with Crippen molar-refractivity contribution in [2.24, 2.45) is 16.8 Å². The summed E-state index contributed by atoms with van der Waals surface area (Å²) in [5.74, 6) is -3.29. The van der Waals surface area contributed by atoms with E-state index in [2.05, 4.69) is 15.3 Å². The van der Waals surface area contributed by atoms with Crippen molar-refractivity contribution in [1.82, 2.24) is 10.3 Å². The fourth-order valence-electron chi connectivity index (χ4n) is 3.92. The molecule has 0 aromatic carbocycles. The second kappa shape index (κ2) is 5.00. The number of carbonyl (C=O) groups is 1. The molecule has 7 heteroatoms. The first-order valence-electron chi connectivity index (χ1n) is 7.75. The monoisotopic (exact) mass is 337 g/mol. The lowest BCUT2D eigenvalue weighted by molar-refractivity contribution is -0.119. The summed E-state index contributed by atoms with van der Waals surface area (Å²) < 4.78 is 26.4. The molecule has 23 heavy (non-hydrogen) atoms. The number of amides is 1. The maximum Gasteiger partial charge on any atom is 0.268 e. The molecule has 2 aliphatic carbocycles. The summed E-state index contributed by atoms with van der Waals surface area (Å²) in [6, 6.07) is 3.61. The van der Waals surface area contributed by atoms with Gasteiger partial charge in [-0.25, -0.2) is 8.78 Å². The lowest BCUT2D eigenvalue weighted by Gasteiger charge is -2.29. The van der Waals surface area contributed by atoms with Gasteiger partial charge >= 0.3 is 0 Å². The summed E-state index contributed by atoms with van der Waals surface area (Å²) in [6.07, 6.45) is 4.27. The molecule has 0 radical (unpaired) electrons. The fourth-order valence-corrected chi connectivity index (χ4v) is 5.03. The maximum atomic E-state index is 13.6. The minimum absolute atomic E-state index is 0.00142. The van der Waals surface area contributed by atoms with Gasteiger partial charge in [-0.1, -0.05) is 11.8 Å². The van der Waals surface area contributed by atoms with E-state index >= 15 is 0 Å². The molecule has 2 saturated carbocycles. The van der Waals surface area contributed by atoms with Gasteiger partial charge in [-0.2, -0.15) is 4.99 Å². The minimum Gasteiger partial charge on any atom is -0.361 e.